The molecule has 1 heterocycles. The molecule has 0 aliphatic rings. The maximum atomic E-state index is 11.9. The number of carbonyl (C=O) groups is 2. The molecule has 0 aliphatic carbocycles. The number of benzene rings is 1. The van der Waals surface area contributed by atoms with Gasteiger partial charge in [-0.3, -0.25) is 4.79 Å². The molecule has 5 nitrogen and oxygen atoms in total. The van der Waals surface area contributed by atoms with Gasteiger partial charge in [0.05, 0.1) is 0 Å². The number of halogens is 1. The van der Waals surface area contributed by atoms with Crippen molar-refractivity contribution in [1.82, 2.24) is 4.98 Å². The normalized spacial score (nSPS) is 10.2. The number of carboxylic acids is 1. The fourth-order valence-corrected chi connectivity index (χ4v) is 2.58. The average Bonchev–Trinajstić information content (AvgIpc) is 2.82. The second-order valence-corrected chi connectivity index (χ2v) is 5.53. The molecule has 0 saturated heterocycles. The SMILES string of the molecule is Cc1cc(Br)ccc1NC(=O)c1nc(C(=O)O)cs1. The molecule has 1 aromatic carbocycles. The molecular weight excluding hydrogens is 332 g/mol. The van der Waals surface area contributed by atoms with Crippen molar-refractivity contribution >= 4 is 44.8 Å². The van der Waals surface area contributed by atoms with E-state index in [2.05, 4.69) is 26.2 Å². The molecule has 7 heteroatoms. The predicted octanol–water partition coefficient (Wildman–Crippen LogP) is 3.16. The van der Waals surface area contributed by atoms with E-state index in [1.165, 1.54) is 5.38 Å². The van der Waals surface area contributed by atoms with Crippen LogP contribution in [0.4, 0.5) is 5.69 Å². The van der Waals surface area contributed by atoms with E-state index < -0.39 is 11.9 Å². The average molecular weight is 341 g/mol. The van der Waals surface area contributed by atoms with Crippen LogP contribution in [0.2, 0.25) is 0 Å². The van der Waals surface area contributed by atoms with Crippen LogP contribution in [0, 0.1) is 6.92 Å². The van der Waals surface area contributed by atoms with Gasteiger partial charge in [-0.15, -0.1) is 11.3 Å². The van der Waals surface area contributed by atoms with Gasteiger partial charge in [-0.25, -0.2) is 9.78 Å². The number of nitrogens with zero attached hydrogens (tertiary/aromatic N) is 1. The first-order chi connectivity index (χ1) is 8.97. The topological polar surface area (TPSA) is 79.3 Å². The van der Waals surface area contributed by atoms with Gasteiger partial charge in [-0.2, -0.15) is 0 Å². The number of aryl methyl sites for hydroxylation is 1. The van der Waals surface area contributed by atoms with Crippen LogP contribution in [0.1, 0.15) is 25.9 Å². The summed E-state index contributed by atoms with van der Waals surface area (Å²) < 4.78 is 0.922. The molecule has 1 aromatic heterocycles. The summed E-state index contributed by atoms with van der Waals surface area (Å²) in [6.07, 6.45) is 0. The first kappa shape index (κ1) is 13.7. The number of aromatic carboxylic acids is 1. The lowest BCUT2D eigenvalue weighted by molar-refractivity contribution is 0.0691. The molecule has 1 amide bonds. The van der Waals surface area contributed by atoms with E-state index in [-0.39, 0.29) is 10.7 Å². The van der Waals surface area contributed by atoms with E-state index >= 15 is 0 Å². The molecule has 0 aliphatic heterocycles. The lowest BCUT2D eigenvalue weighted by atomic mass is 10.2. The summed E-state index contributed by atoms with van der Waals surface area (Å²) in [6, 6.07) is 5.45. The van der Waals surface area contributed by atoms with Crippen molar-refractivity contribution in [3.05, 3.63) is 44.3 Å². The van der Waals surface area contributed by atoms with E-state index in [0.29, 0.717) is 5.69 Å². The highest BCUT2D eigenvalue weighted by molar-refractivity contribution is 9.10. The largest absolute Gasteiger partial charge is 0.476 e. The van der Waals surface area contributed by atoms with Gasteiger partial charge in [-0.1, -0.05) is 15.9 Å². The Kier molecular flexibility index (Phi) is 3.96. The number of carbonyl (C=O) groups excluding carboxylic acids is 1. The number of rotatable bonds is 3. The van der Waals surface area contributed by atoms with Crippen molar-refractivity contribution in [1.29, 1.82) is 0 Å². The maximum absolute atomic E-state index is 11.9. The van der Waals surface area contributed by atoms with Crippen LogP contribution in [0.15, 0.2) is 28.1 Å². The van der Waals surface area contributed by atoms with Gasteiger partial charge < -0.3 is 10.4 Å². The van der Waals surface area contributed by atoms with Gasteiger partial charge in [-0.05, 0) is 30.7 Å². The number of hydrogen-bond donors (Lipinski definition) is 2. The fourth-order valence-electron chi connectivity index (χ4n) is 1.42. The highest BCUT2D eigenvalue weighted by Gasteiger charge is 2.15. The second kappa shape index (κ2) is 5.50. The molecule has 0 saturated carbocycles. The fraction of sp³-hybridized carbons (Fsp3) is 0.0833. The highest BCUT2D eigenvalue weighted by Crippen LogP contribution is 2.21. The lowest BCUT2D eigenvalue weighted by Gasteiger charge is -2.06. The number of hydrogen-bond acceptors (Lipinski definition) is 4. The summed E-state index contributed by atoms with van der Waals surface area (Å²) in [5.41, 5.74) is 1.45. The molecule has 2 N–H and O–H groups in total. The summed E-state index contributed by atoms with van der Waals surface area (Å²) in [5, 5.41) is 12.9. The molecule has 98 valence electrons. The lowest BCUT2D eigenvalue weighted by Crippen LogP contribution is -2.13. The smallest absolute Gasteiger partial charge is 0.355 e. The van der Waals surface area contributed by atoms with Crippen LogP contribution in [-0.2, 0) is 0 Å². The van der Waals surface area contributed by atoms with Gasteiger partial charge in [0.25, 0.3) is 5.91 Å². The van der Waals surface area contributed by atoms with Gasteiger partial charge in [0.15, 0.2) is 10.7 Å². The zero-order valence-electron chi connectivity index (χ0n) is 9.81. The Morgan fingerprint density at radius 2 is 2.16 bits per heavy atom. The number of thiazole rings is 1. The summed E-state index contributed by atoms with van der Waals surface area (Å²) in [6.45, 7) is 1.87. The Bertz CT molecular complexity index is 654. The number of anilines is 1. The van der Waals surface area contributed by atoms with Crippen molar-refractivity contribution in [3.63, 3.8) is 0 Å². The van der Waals surface area contributed by atoms with Crippen LogP contribution in [-0.4, -0.2) is 22.0 Å². The standard InChI is InChI=1S/C12H9BrN2O3S/c1-6-4-7(13)2-3-8(6)14-10(16)11-15-9(5-19-11)12(17)18/h2-5H,1H3,(H,14,16)(H,17,18). The minimum Gasteiger partial charge on any atom is -0.476 e. The van der Waals surface area contributed by atoms with Crippen LogP contribution in [0.3, 0.4) is 0 Å². The Hall–Kier alpha value is -1.73. The second-order valence-electron chi connectivity index (χ2n) is 3.76. The maximum Gasteiger partial charge on any atom is 0.355 e. The zero-order chi connectivity index (χ0) is 14.0. The third-order valence-corrected chi connectivity index (χ3v) is 3.69. The van der Waals surface area contributed by atoms with Crippen molar-refractivity contribution in [2.75, 3.05) is 5.32 Å². The molecule has 2 rings (SSSR count). The van der Waals surface area contributed by atoms with Crippen molar-refractivity contribution in [2.24, 2.45) is 0 Å². The molecule has 0 fully saturated rings. The molecule has 0 radical (unpaired) electrons. The van der Waals surface area contributed by atoms with Crippen LogP contribution < -0.4 is 5.32 Å². The van der Waals surface area contributed by atoms with Crippen molar-refractivity contribution < 1.29 is 14.7 Å². The molecule has 19 heavy (non-hydrogen) atoms. The van der Waals surface area contributed by atoms with Gasteiger partial charge in [0.2, 0.25) is 0 Å². The van der Waals surface area contributed by atoms with E-state index in [1.54, 1.807) is 6.07 Å². The van der Waals surface area contributed by atoms with Crippen molar-refractivity contribution in [3.8, 4) is 0 Å². The van der Waals surface area contributed by atoms with E-state index in [1.807, 2.05) is 19.1 Å². The third kappa shape index (κ3) is 3.18. The summed E-state index contributed by atoms with van der Waals surface area (Å²) in [5.74, 6) is -1.56. The Morgan fingerprint density at radius 1 is 1.42 bits per heavy atom. The first-order valence-corrected chi connectivity index (χ1v) is 6.91. The first-order valence-electron chi connectivity index (χ1n) is 5.23. The van der Waals surface area contributed by atoms with E-state index in [0.717, 1.165) is 21.4 Å². The highest BCUT2D eigenvalue weighted by atomic mass is 79.9. The van der Waals surface area contributed by atoms with Gasteiger partial charge in [0, 0.05) is 15.5 Å². The number of carboxylic acid groups (broad SMARTS) is 1. The molecule has 0 spiro atoms. The minimum atomic E-state index is -1.14. The van der Waals surface area contributed by atoms with Crippen LogP contribution in [0.5, 0.6) is 0 Å². The Morgan fingerprint density at radius 3 is 2.74 bits per heavy atom. The van der Waals surface area contributed by atoms with Crippen LogP contribution in [0.25, 0.3) is 0 Å². The monoisotopic (exact) mass is 340 g/mol. The van der Waals surface area contributed by atoms with Crippen LogP contribution >= 0.6 is 27.3 Å². The van der Waals surface area contributed by atoms with Gasteiger partial charge in [0.1, 0.15) is 0 Å². The Labute approximate surface area is 121 Å². The summed E-state index contributed by atoms with van der Waals surface area (Å²) in [7, 11) is 0. The Balaban J connectivity index is 2.18. The molecule has 0 atom stereocenters. The number of nitrogens with one attached hydrogen (secondary N) is 1. The third-order valence-electron chi connectivity index (χ3n) is 2.35. The number of amides is 1. The summed E-state index contributed by atoms with van der Waals surface area (Å²) in [4.78, 5) is 26.4. The quantitative estimate of drug-likeness (QED) is 0.899. The van der Waals surface area contributed by atoms with Gasteiger partial charge >= 0.3 is 5.97 Å². The van der Waals surface area contributed by atoms with E-state index in [9.17, 15) is 9.59 Å². The molecule has 0 unspecified atom stereocenters. The summed E-state index contributed by atoms with van der Waals surface area (Å²) >= 11 is 4.34. The molecule has 0 bridgehead atoms. The molecule has 2 aromatic rings. The van der Waals surface area contributed by atoms with Crippen molar-refractivity contribution in [2.45, 2.75) is 6.92 Å². The zero-order valence-corrected chi connectivity index (χ0v) is 12.2. The van der Waals surface area contributed by atoms with E-state index in [4.69, 9.17) is 5.11 Å². The number of aromatic nitrogens is 1. The molecular formula is C12H9BrN2O3S. The minimum absolute atomic E-state index is 0.123. The predicted molar refractivity (Wildman–Crippen MR) is 75.9 cm³/mol.